The van der Waals surface area contributed by atoms with E-state index in [0.29, 0.717) is 13.0 Å². The van der Waals surface area contributed by atoms with Gasteiger partial charge in [0.1, 0.15) is 54.9 Å². The third-order valence-electron chi connectivity index (χ3n) is 14.2. The molecule has 7 N–H and O–H groups in total. The molecule has 0 saturated carbocycles. The number of hydrogen-bond donors (Lipinski definition) is 7. The van der Waals surface area contributed by atoms with Crippen LogP contribution in [0.15, 0.2) is 72.9 Å². The Morgan fingerprint density at radius 3 is 1.34 bits per heavy atom. The Morgan fingerprint density at radius 2 is 0.844 bits per heavy atom. The monoisotopic (exact) mass is 1090 g/mol. The van der Waals surface area contributed by atoms with Crippen LogP contribution >= 0.6 is 0 Å². The number of aliphatic hydroxyl groups excluding tert-OH is 7. The molecular formula is C63H110O14. The van der Waals surface area contributed by atoms with E-state index in [1.54, 1.807) is 0 Å². The summed E-state index contributed by atoms with van der Waals surface area (Å²) in [7, 11) is 0. The predicted octanol–water partition coefficient (Wildman–Crippen LogP) is 11.4. The lowest BCUT2D eigenvalue weighted by Crippen LogP contribution is -2.61. The summed E-state index contributed by atoms with van der Waals surface area (Å²) in [6.07, 6.45) is 46.7. The summed E-state index contributed by atoms with van der Waals surface area (Å²) >= 11 is 0. The lowest BCUT2D eigenvalue weighted by molar-refractivity contribution is -0.332. The van der Waals surface area contributed by atoms with Crippen LogP contribution < -0.4 is 0 Å². The van der Waals surface area contributed by atoms with Crippen molar-refractivity contribution in [3.63, 3.8) is 0 Å². The largest absolute Gasteiger partial charge is 0.457 e. The van der Waals surface area contributed by atoms with Crippen LogP contribution in [0.2, 0.25) is 0 Å². The Hall–Kier alpha value is -2.57. The summed E-state index contributed by atoms with van der Waals surface area (Å²) in [4.78, 5) is 13.1. The average Bonchev–Trinajstić information content (AvgIpc) is 3.43. The lowest BCUT2D eigenvalue weighted by atomic mass is 9.98. The van der Waals surface area contributed by atoms with Crippen molar-refractivity contribution in [1.29, 1.82) is 0 Å². The number of allylic oxidation sites excluding steroid dienone is 12. The van der Waals surface area contributed by atoms with Crippen molar-refractivity contribution >= 4 is 5.97 Å². The third kappa shape index (κ3) is 35.7. The second-order valence-corrected chi connectivity index (χ2v) is 21.1. The SMILES string of the molecule is CC/C=C\C/C=C\C/C=C\C/C=C\C/C=C\CCCCCCCCCCOCC(COC1OC(COC2OC(CO)C(O)C(O)C2O)C(O)C(O)C1O)OC(=O)CCCCCCCCCCC/C=C\CCCCCCCC. The van der Waals surface area contributed by atoms with Gasteiger partial charge in [0.15, 0.2) is 12.6 Å². The van der Waals surface area contributed by atoms with Gasteiger partial charge in [-0.2, -0.15) is 0 Å². The van der Waals surface area contributed by atoms with Crippen LogP contribution in [-0.4, -0.2) is 142 Å². The molecule has 446 valence electrons. The molecule has 2 aliphatic rings. The van der Waals surface area contributed by atoms with Gasteiger partial charge < -0.3 is 64.2 Å². The first kappa shape index (κ1) is 70.5. The predicted molar refractivity (Wildman–Crippen MR) is 307 cm³/mol. The summed E-state index contributed by atoms with van der Waals surface area (Å²) in [6, 6.07) is 0. The molecule has 2 aliphatic heterocycles. The molecule has 0 radical (unpaired) electrons. The molecule has 14 nitrogen and oxygen atoms in total. The maximum Gasteiger partial charge on any atom is 0.306 e. The van der Waals surface area contributed by atoms with Gasteiger partial charge in [-0.15, -0.1) is 0 Å². The Labute approximate surface area is 466 Å². The molecule has 0 aromatic rings. The van der Waals surface area contributed by atoms with Crippen LogP contribution in [0.1, 0.15) is 219 Å². The minimum absolute atomic E-state index is 0.0523. The molecule has 2 heterocycles. The normalized spacial score (nSPS) is 24.8. The lowest BCUT2D eigenvalue weighted by Gasteiger charge is -2.42. The maximum absolute atomic E-state index is 13.1. The number of aliphatic hydroxyl groups is 7. The highest BCUT2D eigenvalue weighted by Gasteiger charge is 2.47. The van der Waals surface area contributed by atoms with Gasteiger partial charge in [-0.3, -0.25) is 4.79 Å². The van der Waals surface area contributed by atoms with Gasteiger partial charge in [-0.05, 0) is 83.5 Å². The zero-order valence-corrected chi connectivity index (χ0v) is 47.9. The molecule has 77 heavy (non-hydrogen) atoms. The van der Waals surface area contributed by atoms with E-state index < -0.39 is 80.7 Å². The van der Waals surface area contributed by atoms with Crippen LogP contribution in [0.25, 0.3) is 0 Å². The quantitative estimate of drug-likeness (QED) is 0.0172. The van der Waals surface area contributed by atoms with E-state index in [2.05, 4.69) is 86.8 Å². The van der Waals surface area contributed by atoms with Crippen molar-refractivity contribution in [2.45, 2.75) is 287 Å². The molecule has 0 amide bonds. The molecule has 0 spiro atoms. The van der Waals surface area contributed by atoms with E-state index >= 15 is 0 Å². The summed E-state index contributed by atoms with van der Waals surface area (Å²) in [5.41, 5.74) is 0. The van der Waals surface area contributed by atoms with E-state index in [1.165, 1.54) is 116 Å². The van der Waals surface area contributed by atoms with Crippen LogP contribution in [0.5, 0.6) is 0 Å². The van der Waals surface area contributed by atoms with E-state index in [4.69, 9.17) is 28.4 Å². The molecule has 2 fully saturated rings. The standard InChI is InChI=1S/C63H110O14/c1-3-5-7-9-11-13-15-17-19-21-23-24-25-26-27-29-31-33-35-37-39-41-43-45-47-72-49-52(75-55(65)46-44-42-40-38-36-34-32-30-28-22-20-18-16-14-12-10-8-6-4-2)50-73-62-61(71)59(69)57(67)54(77-62)51-74-63-60(70)58(68)56(66)53(48-64)76-63/h5,7,11,13,17-20,23-24,26-27,52-54,56-64,66-71H,3-4,6,8-10,12,14-16,21-22,25,28-51H2,1-2H3/b7-5-,13-11-,19-17-,20-18-,24-23-,27-26-. The number of unbranched alkanes of at least 4 members (excludes halogenated alkanes) is 23. The fraction of sp³-hybridized carbons (Fsp3) is 0.794. The number of carbonyl (C=O) groups excluding carboxylic acids is 1. The molecule has 14 heteroatoms. The first-order valence-corrected chi connectivity index (χ1v) is 30.5. The maximum atomic E-state index is 13.1. The number of carbonyl (C=O) groups is 1. The minimum Gasteiger partial charge on any atom is -0.457 e. The second kappa shape index (κ2) is 49.3. The number of hydrogen-bond acceptors (Lipinski definition) is 14. The van der Waals surface area contributed by atoms with Crippen molar-refractivity contribution < 1.29 is 69.0 Å². The Kier molecular flexibility index (Phi) is 45.1. The van der Waals surface area contributed by atoms with Crippen molar-refractivity contribution in [2.75, 3.05) is 33.0 Å². The van der Waals surface area contributed by atoms with Crippen LogP contribution in [-0.2, 0) is 33.2 Å². The minimum atomic E-state index is -1.71. The molecule has 0 aromatic carbocycles. The summed E-state index contributed by atoms with van der Waals surface area (Å²) < 4.78 is 34.4. The van der Waals surface area contributed by atoms with Crippen molar-refractivity contribution in [2.24, 2.45) is 0 Å². The Bertz CT molecular complexity index is 1550. The van der Waals surface area contributed by atoms with E-state index in [9.17, 15) is 40.5 Å². The van der Waals surface area contributed by atoms with E-state index in [1.807, 2.05) is 0 Å². The number of esters is 1. The fourth-order valence-electron chi connectivity index (χ4n) is 9.31. The highest BCUT2D eigenvalue weighted by atomic mass is 16.7. The second-order valence-electron chi connectivity index (χ2n) is 21.1. The molecule has 0 aromatic heterocycles. The molecule has 0 bridgehead atoms. The Balaban J connectivity index is 1.70. The van der Waals surface area contributed by atoms with Crippen LogP contribution in [0.3, 0.4) is 0 Å². The molecule has 2 rings (SSSR count). The zero-order valence-electron chi connectivity index (χ0n) is 47.9. The topological polar surface area (TPSA) is 214 Å². The third-order valence-corrected chi connectivity index (χ3v) is 14.2. The smallest absolute Gasteiger partial charge is 0.306 e. The molecule has 11 atom stereocenters. The first-order chi connectivity index (χ1) is 37.6. The summed E-state index contributed by atoms with van der Waals surface area (Å²) in [5.74, 6) is -0.382. The van der Waals surface area contributed by atoms with Gasteiger partial charge in [0.05, 0.1) is 26.4 Å². The van der Waals surface area contributed by atoms with E-state index in [-0.39, 0.29) is 25.6 Å². The zero-order chi connectivity index (χ0) is 55.8. The van der Waals surface area contributed by atoms with Gasteiger partial charge in [-0.1, -0.05) is 202 Å². The molecule has 11 unspecified atom stereocenters. The van der Waals surface area contributed by atoms with Crippen LogP contribution in [0, 0.1) is 0 Å². The molecule has 2 saturated heterocycles. The van der Waals surface area contributed by atoms with Gasteiger partial charge >= 0.3 is 5.97 Å². The van der Waals surface area contributed by atoms with Gasteiger partial charge in [0.2, 0.25) is 0 Å². The van der Waals surface area contributed by atoms with Crippen molar-refractivity contribution in [3.8, 4) is 0 Å². The van der Waals surface area contributed by atoms with Crippen molar-refractivity contribution in [3.05, 3.63) is 72.9 Å². The van der Waals surface area contributed by atoms with Crippen LogP contribution in [0.4, 0.5) is 0 Å². The number of ether oxygens (including phenoxy) is 6. The highest BCUT2D eigenvalue weighted by molar-refractivity contribution is 5.69. The van der Waals surface area contributed by atoms with Crippen molar-refractivity contribution in [1.82, 2.24) is 0 Å². The van der Waals surface area contributed by atoms with Gasteiger partial charge in [-0.25, -0.2) is 0 Å². The van der Waals surface area contributed by atoms with Gasteiger partial charge in [0.25, 0.3) is 0 Å². The highest BCUT2D eigenvalue weighted by Crippen LogP contribution is 2.27. The van der Waals surface area contributed by atoms with E-state index in [0.717, 1.165) is 77.0 Å². The first-order valence-electron chi connectivity index (χ1n) is 30.5. The summed E-state index contributed by atoms with van der Waals surface area (Å²) in [6.45, 7) is 3.56. The molecular weight excluding hydrogens is 981 g/mol. The number of rotatable bonds is 49. The Morgan fingerprint density at radius 1 is 0.442 bits per heavy atom. The molecule has 0 aliphatic carbocycles. The fourth-order valence-corrected chi connectivity index (χ4v) is 9.31. The van der Waals surface area contributed by atoms with Gasteiger partial charge in [0, 0.05) is 13.0 Å². The average molecular weight is 1090 g/mol. The summed E-state index contributed by atoms with van der Waals surface area (Å²) in [5, 5.41) is 72.4.